The Kier molecular flexibility index (Phi) is 4.26. The average molecular weight is 225 g/mol. The van der Waals surface area contributed by atoms with Gasteiger partial charge in [-0.2, -0.15) is 0 Å². The summed E-state index contributed by atoms with van der Waals surface area (Å²) in [6, 6.07) is 0.788. The van der Waals surface area contributed by atoms with Crippen molar-refractivity contribution >= 4 is 0 Å². The Bertz CT molecular complexity index is 211. The van der Waals surface area contributed by atoms with Crippen molar-refractivity contribution < 1.29 is 5.11 Å². The topological polar surface area (TPSA) is 23.5 Å². The Morgan fingerprint density at radius 2 is 1.81 bits per heavy atom. The summed E-state index contributed by atoms with van der Waals surface area (Å²) >= 11 is 0. The van der Waals surface area contributed by atoms with Gasteiger partial charge in [-0.05, 0) is 44.1 Å². The molecule has 2 rings (SSSR count). The highest BCUT2D eigenvalue weighted by Crippen LogP contribution is 2.35. The average Bonchev–Trinajstić information content (AvgIpc) is 2.85. The molecule has 1 heterocycles. The molecule has 1 aliphatic heterocycles. The quantitative estimate of drug-likeness (QED) is 0.795. The van der Waals surface area contributed by atoms with E-state index in [1.54, 1.807) is 0 Å². The highest BCUT2D eigenvalue weighted by atomic mass is 16.3. The van der Waals surface area contributed by atoms with Gasteiger partial charge >= 0.3 is 0 Å². The normalized spacial score (nSPS) is 30.4. The molecule has 2 nitrogen and oxygen atoms in total. The summed E-state index contributed by atoms with van der Waals surface area (Å²) in [6.07, 6.45) is 8.30. The Hall–Kier alpha value is -0.0800. The summed E-state index contributed by atoms with van der Waals surface area (Å²) in [5.74, 6) is 1.33. The molecule has 0 aromatic rings. The maximum atomic E-state index is 10.0. The number of aliphatic hydroxyl groups excluding tert-OH is 1. The summed E-state index contributed by atoms with van der Waals surface area (Å²) in [4.78, 5) is 2.57. The second-order valence-electron chi connectivity index (χ2n) is 6.06. The van der Waals surface area contributed by atoms with Crippen molar-refractivity contribution in [3.63, 3.8) is 0 Å². The van der Waals surface area contributed by atoms with Crippen LogP contribution in [-0.4, -0.2) is 35.2 Å². The SMILES string of the molecule is CC(C)C(O)CN1CCCC1C1CCCC1. The molecule has 2 fully saturated rings. The standard InChI is InChI=1S/C14H27NO/c1-11(2)14(16)10-15-9-5-8-13(15)12-6-3-4-7-12/h11-14,16H,3-10H2,1-2H3. The molecule has 0 spiro atoms. The van der Waals surface area contributed by atoms with Crippen LogP contribution >= 0.6 is 0 Å². The van der Waals surface area contributed by atoms with Gasteiger partial charge in [0.25, 0.3) is 0 Å². The molecule has 0 aromatic heterocycles. The molecule has 2 aliphatic rings. The van der Waals surface area contributed by atoms with Crippen LogP contribution in [0.2, 0.25) is 0 Å². The van der Waals surface area contributed by atoms with Crippen LogP contribution in [0.5, 0.6) is 0 Å². The van der Waals surface area contributed by atoms with Gasteiger partial charge < -0.3 is 5.11 Å². The third kappa shape index (κ3) is 2.78. The molecule has 2 unspecified atom stereocenters. The highest BCUT2D eigenvalue weighted by Gasteiger charge is 2.34. The molecule has 0 bridgehead atoms. The van der Waals surface area contributed by atoms with E-state index in [1.165, 1.54) is 45.1 Å². The van der Waals surface area contributed by atoms with E-state index in [0.29, 0.717) is 5.92 Å². The van der Waals surface area contributed by atoms with E-state index < -0.39 is 0 Å². The fraction of sp³-hybridized carbons (Fsp3) is 1.00. The molecule has 1 N–H and O–H groups in total. The smallest absolute Gasteiger partial charge is 0.0690 e. The molecule has 16 heavy (non-hydrogen) atoms. The lowest BCUT2D eigenvalue weighted by atomic mass is 9.95. The Morgan fingerprint density at radius 1 is 1.12 bits per heavy atom. The van der Waals surface area contributed by atoms with E-state index in [-0.39, 0.29) is 6.10 Å². The van der Waals surface area contributed by atoms with Gasteiger partial charge in [0.1, 0.15) is 0 Å². The van der Waals surface area contributed by atoms with Gasteiger partial charge in [0.15, 0.2) is 0 Å². The monoisotopic (exact) mass is 225 g/mol. The maximum Gasteiger partial charge on any atom is 0.0690 e. The molecule has 2 heteroatoms. The van der Waals surface area contributed by atoms with Gasteiger partial charge in [-0.25, -0.2) is 0 Å². The minimum absolute atomic E-state index is 0.137. The number of likely N-dealkylation sites (tertiary alicyclic amines) is 1. The van der Waals surface area contributed by atoms with E-state index in [2.05, 4.69) is 18.7 Å². The predicted octanol–water partition coefficient (Wildman–Crippen LogP) is 2.66. The van der Waals surface area contributed by atoms with E-state index in [4.69, 9.17) is 0 Å². The van der Waals surface area contributed by atoms with Gasteiger partial charge in [-0.1, -0.05) is 26.7 Å². The van der Waals surface area contributed by atoms with Crippen molar-refractivity contribution in [2.45, 2.75) is 64.5 Å². The van der Waals surface area contributed by atoms with Crippen molar-refractivity contribution in [1.29, 1.82) is 0 Å². The largest absolute Gasteiger partial charge is 0.392 e. The Balaban J connectivity index is 1.87. The van der Waals surface area contributed by atoms with Crippen LogP contribution in [0.1, 0.15) is 52.4 Å². The van der Waals surface area contributed by atoms with Gasteiger partial charge in [0, 0.05) is 12.6 Å². The van der Waals surface area contributed by atoms with Crippen molar-refractivity contribution in [2.24, 2.45) is 11.8 Å². The number of hydrogen-bond acceptors (Lipinski definition) is 2. The zero-order valence-electron chi connectivity index (χ0n) is 10.9. The van der Waals surface area contributed by atoms with Gasteiger partial charge in [-0.3, -0.25) is 4.90 Å². The fourth-order valence-corrected chi connectivity index (χ4v) is 3.41. The third-order valence-electron chi connectivity index (χ3n) is 4.55. The van der Waals surface area contributed by atoms with Crippen LogP contribution in [0.3, 0.4) is 0 Å². The predicted molar refractivity (Wildman–Crippen MR) is 67.4 cm³/mol. The molecule has 0 radical (unpaired) electrons. The van der Waals surface area contributed by atoms with Crippen LogP contribution in [0, 0.1) is 11.8 Å². The summed E-state index contributed by atoms with van der Waals surface area (Å²) in [5, 5.41) is 10.0. The second kappa shape index (κ2) is 5.50. The van der Waals surface area contributed by atoms with Crippen molar-refractivity contribution in [2.75, 3.05) is 13.1 Å². The van der Waals surface area contributed by atoms with Gasteiger partial charge in [-0.15, -0.1) is 0 Å². The summed E-state index contributed by atoms with van der Waals surface area (Å²) in [6.45, 7) is 6.35. The first-order valence-corrected chi connectivity index (χ1v) is 7.10. The van der Waals surface area contributed by atoms with Crippen LogP contribution in [0.15, 0.2) is 0 Å². The molecule has 0 aromatic carbocycles. The molecule has 1 saturated heterocycles. The fourth-order valence-electron chi connectivity index (χ4n) is 3.41. The van der Waals surface area contributed by atoms with Crippen LogP contribution in [0.25, 0.3) is 0 Å². The second-order valence-corrected chi connectivity index (χ2v) is 6.06. The van der Waals surface area contributed by atoms with Gasteiger partial charge in [0.2, 0.25) is 0 Å². The molecular formula is C14H27NO. The first-order valence-electron chi connectivity index (χ1n) is 7.10. The van der Waals surface area contributed by atoms with E-state index >= 15 is 0 Å². The first-order chi connectivity index (χ1) is 7.68. The lowest BCUT2D eigenvalue weighted by molar-refractivity contribution is 0.0600. The highest BCUT2D eigenvalue weighted by molar-refractivity contribution is 4.88. The third-order valence-corrected chi connectivity index (χ3v) is 4.55. The molecule has 1 aliphatic carbocycles. The number of hydrogen-bond donors (Lipinski definition) is 1. The Labute approximate surface area is 100 Å². The van der Waals surface area contributed by atoms with Crippen LogP contribution < -0.4 is 0 Å². The van der Waals surface area contributed by atoms with E-state index in [1.807, 2.05) is 0 Å². The summed E-state index contributed by atoms with van der Waals surface area (Å²) in [7, 11) is 0. The van der Waals surface area contributed by atoms with Crippen molar-refractivity contribution in [3.05, 3.63) is 0 Å². The first kappa shape index (κ1) is 12.4. The number of rotatable bonds is 4. The number of β-amino-alcohol motifs (C(OH)–C–C–N with tert-alkyl or cyclic N) is 1. The summed E-state index contributed by atoms with van der Waals surface area (Å²) in [5.41, 5.74) is 0. The minimum Gasteiger partial charge on any atom is -0.392 e. The molecule has 2 atom stereocenters. The van der Waals surface area contributed by atoms with Crippen LogP contribution in [0.4, 0.5) is 0 Å². The molecule has 0 amide bonds. The maximum absolute atomic E-state index is 10.0. The number of aliphatic hydroxyl groups is 1. The minimum atomic E-state index is -0.137. The lowest BCUT2D eigenvalue weighted by Crippen LogP contribution is -2.41. The van der Waals surface area contributed by atoms with Gasteiger partial charge in [0.05, 0.1) is 6.10 Å². The molecule has 94 valence electrons. The Morgan fingerprint density at radius 3 is 2.44 bits per heavy atom. The molecular weight excluding hydrogens is 198 g/mol. The zero-order chi connectivity index (χ0) is 11.5. The van der Waals surface area contributed by atoms with E-state index in [9.17, 15) is 5.11 Å². The van der Waals surface area contributed by atoms with Crippen molar-refractivity contribution in [3.8, 4) is 0 Å². The lowest BCUT2D eigenvalue weighted by Gasteiger charge is -2.31. The van der Waals surface area contributed by atoms with E-state index in [0.717, 1.165) is 18.5 Å². The molecule has 1 saturated carbocycles. The summed E-state index contributed by atoms with van der Waals surface area (Å²) < 4.78 is 0. The number of nitrogens with zero attached hydrogens (tertiary/aromatic N) is 1. The van der Waals surface area contributed by atoms with Crippen molar-refractivity contribution in [1.82, 2.24) is 4.90 Å². The van der Waals surface area contributed by atoms with Crippen LogP contribution in [-0.2, 0) is 0 Å². The zero-order valence-corrected chi connectivity index (χ0v) is 10.9.